The van der Waals surface area contributed by atoms with Crippen LogP contribution in [0, 0.1) is 9.39 Å². The van der Waals surface area contributed by atoms with Gasteiger partial charge in [0.05, 0.1) is 5.56 Å². The third-order valence-electron chi connectivity index (χ3n) is 1.92. The Morgan fingerprint density at radius 3 is 2.75 bits per heavy atom. The molecule has 0 spiro atoms. The van der Waals surface area contributed by atoms with E-state index < -0.39 is 11.7 Å². The molecule has 1 aromatic carbocycles. The van der Waals surface area contributed by atoms with Gasteiger partial charge in [-0.05, 0) is 41.6 Å². The summed E-state index contributed by atoms with van der Waals surface area (Å²) in [6.45, 7) is 2.10. The summed E-state index contributed by atoms with van der Waals surface area (Å²) in [5, 5.41) is 2.62. The minimum Gasteiger partial charge on any atom is -0.348 e. The van der Waals surface area contributed by atoms with Crippen molar-refractivity contribution in [1.29, 1.82) is 0 Å². The Morgan fingerprint density at radius 2 is 2.25 bits per heavy atom. The van der Waals surface area contributed by atoms with Crippen LogP contribution in [-0.2, 0) is 0 Å². The molecular formula is C10H13ClFIN2O. The van der Waals surface area contributed by atoms with Crippen molar-refractivity contribution in [3.8, 4) is 0 Å². The van der Waals surface area contributed by atoms with E-state index in [9.17, 15) is 9.18 Å². The zero-order valence-electron chi connectivity index (χ0n) is 8.67. The van der Waals surface area contributed by atoms with Crippen molar-refractivity contribution >= 4 is 40.9 Å². The van der Waals surface area contributed by atoms with Crippen LogP contribution < -0.4 is 11.1 Å². The zero-order valence-corrected chi connectivity index (χ0v) is 11.6. The Kier molecular flexibility index (Phi) is 6.85. The normalized spacial score (nSPS) is 11.5. The van der Waals surface area contributed by atoms with Crippen molar-refractivity contribution in [2.24, 2.45) is 5.73 Å². The van der Waals surface area contributed by atoms with Gasteiger partial charge in [-0.2, -0.15) is 0 Å². The van der Waals surface area contributed by atoms with Gasteiger partial charge in [-0.3, -0.25) is 4.79 Å². The van der Waals surface area contributed by atoms with Gasteiger partial charge in [0.2, 0.25) is 0 Å². The lowest BCUT2D eigenvalue weighted by molar-refractivity contribution is 0.0936. The molecule has 1 aromatic rings. The smallest absolute Gasteiger partial charge is 0.255 e. The zero-order chi connectivity index (χ0) is 11.4. The summed E-state index contributed by atoms with van der Waals surface area (Å²) in [5.41, 5.74) is 5.45. The second-order valence-electron chi connectivity index (χ2n) is 3.21. The molecule has 0 bridgehead atoms. The molecule has 1 atom stereocenters. The SMILES string of the molecule is C[C@@H](CN)NC(=O)c1c(F)cccc1I.Cl. The minimum absolute atomic E-state index is 0. The number of carbonyl (C=O) groups excluding carboxylic acids is 1. The van der Waals surface area contributed by atoms with Gasteiger partial charge in [0, 0.05) is 16.2 Å². The average Bonchev–Trinajstić information content (AvgIpc) is 2.17. The number of carbonyl (C=O) groups is 1. The second kappa shape index (κ2) is 7.03. The third kappa shape index (κ3) is 3.88. The van der Waals surface area contributed by atoms with Crippen molar-refractivity contribution in [2.75, 3.05) is 6.54 Å². The fraction of sp³-hybridized carbons (Fsp3) is 0.300. The summed E-state index contributed by atoms with van der Waals surface area (Å²) >= 11 is 1.93. The highest BCUT2D eigenvalue weighted by molar-refractivity contribution is 14.1. The van der Waals surface area contributed by atoms with E-state index >= 15 is 0 Å². The molecule has 0 aromatic heterocycles. The van der Waals surface area contributed by atoms with E-state index in [1.54, 1.807) is 19.1 Å². The Labute approximate surface area is 114 Å². The predicted octanol–water partition coefficient (Wildman–Crippen LogP) is 1.93. The third-order valence-corrected chi connectivity index (χ3v) is 2.82. The molecule has 16 heavy (non-hydrogen) atoms. The van der Waals surface area contributed by atoms with E-state index in [0.29, 0.717) is 10.1 Å². The maximum Gasteiger partial charge on any atom is 0.255 e. The largest absolute Gasteiger partial charge is 0.348 e. The first-order valence-electron chi connectivity index (χ1n) is 4.51. The number of nitrogens with one attached hydrogen (secondary N) is 1. The number of hydrogen-bond donors (Lipinski definition) is 2. The Morgan fingerprint density at radius 1 is 1.62 bits per heavy atom. The molecule has 0 saturated heterocycles. The van der Waals surface area contributed by atoms with Gasteiger partial charge < -0.3 is 11.1 Å². The molecular weight excluding hydrogens is 345 g/mol. The lowest BCUT2D eigenvalue weighted by Crippen LogP contribution is -2.38. The molecule has 1 rings (SSSR count). The Balaban J connectivity index is 0.00000225. The summed E-state index contributed by atoms with van der Waals surface area (Å²) in [6.07, 6.45) is 0. The Bertz CT molecular complexity index is 356. The molecule has 6 heteroatoms. The summed E-state index contributed by atoms with van der Waals surface area (Å²) in [7, 11) is 0. The van der Waals surface area contributed by atoms with Gasteiger partial charge in [-0.1, -0.05) is 6.07 Å². The lowest BCUT2D eigenvalue weighted by Gasteiger charge is -2.12. The number of nitrogens with two attached hydrogens (primary N) is 1. The van der Waals surface area contributed by atoms with Crippen LogP contribution in [0.15, 0.2) is 18.2 Å². The summed E-state index contributed by atoms with van der Waals surface area (Å²) < 4.78 is 14.0. The summed E-state index contributed by atoms with van der Waals surface area (Å²) in [6, 6.07) is 4.36. The van der Waals surface area contributed by atoms with Crippen LogP contribution in [0.4, 0.5) is 4.39 Å². The molecule has 0 aliphatic carbocycles. The second-order valence-corrected chi connectivity index (χ2v) is 4.37. The summed E-state index contributed by atoms with van der Waals surface area (Å²) in [4.78, 5) is 11.6. The maximum atomic E-state index is 13.4. The molecule has 90 valence electrons. The quantitative estimate of drug-likeness (QED) is 0.811. The lowest BCUT2D eigenvalue weighted by atomic mass is 10.2. The fourth-order valence-electron chi connectivity index (χ4n) is 1.07. The Hall–Kier alpha value is -0.400. The standard InChI is InChI=1S/C10H12FIN2O.ClH/c1-6(5-13)14-10(15)9-7(11)3-2-4-8(9)12;/h2-4,6H,5,13H2,1H3,(H,14,15);1H/t6-;/m0./s1. The number of benzene rings is 1. The van der Waals surface area contributed by atoms with E-state index in [4.69, 9.17) is 5.73 Å². The van der Waals surface area contributed by atoms with Crippen LogP contribution in [0.5, 0.6) is 0 Å². The van der Waals surface area contributed by atoms with Crippen LogP contribution in [0.2, 0.25) is 0 Å². The van der Waals surface area contributed by atoms with Gasteiger partial charge in [0.25, 0.3) is 5.91 Å². The highest BCUT2D eigenvalue weighted by Gasteiger charge is 2.16. The molecule has 1 amide bonds. The molecule has 0 aliphatic rings. The van der Waals surface area contributed by atoms with Crippen molar-refractivity contribution in [3.63, 3.8) is 0 Å². The molecule has 0 radical (unpaired) electrons. The molecule has 3 N–H and O–H groups in total. The molecule has 0 aliphatic heterocycles. The van der Waals surface area contributed by atoms with Gasteiger partial charge in [0.15, 0.2) is 0 Å². The molecule has 0 saturated carbocycles. The first-order chi connectivity index (χ1) is 7.06. The van der Waals surface area contributed by atoms with E-state index in [2.05, 4.69) is 5.32 Å². The van der Waals surface area contributed by atoms with E-state index in [1.165, 1.54) is 6.07 Å². The average molecular weight is 359 g/mol. The topological polar surface area (TPSA) is 55.1 Å². The van der Waals surface area contributed by atoms with E-state index in [-0.39, 0.29) is 24.0 Å². The van der Waals surface area contributed by atoms with Crippen molar-refractivity contribution in [2.45, 2.75) is 13.0 Å². The highest BCUT2D eigenvalue weighted by atomic mass is 127. The first-order valence-corrected chi connectivity index (χ1v) is 5.59. The van der Waals surface area contributed by atoms with Gasteiger partial charge in [-0.25, -0.2) is 4.39 Å². The van der Waals surface area contributed by atoms with Gasteiger partial charge >= 0.3 is 0 Å². The van der Waals surface area contributed by atoms with Crippen LogP contribution in [-0.4, -0.2) is 18.5 Å². The van der Waals surface area contributed by atoms with Crippen molar-refractivity contribution in [3.05, 3.63) is 33.1 Å². The van der Waals surface area contributed by atoms with Crippen molar-refractivity contribution in [1.82, 2.24) is 5.32 Å². The maximum absolute atomic E-state index is 13.4. The molecule has 0 unspecified atom stereocenters. The number of hydrogen-bond acceptors (Lipinski definition) is 2. The molecule has 3 nitrogen and oxygen atoms in total. The molecule has 0 fully saturated rings. The van der Waals surface area contributed by atoms with Crippen LogP contribution in [0.1, 0.15) is 17.3 Å². The van der Waals surface area contributed by atoms with E-state index in [0.717, 1.165) is 0 Å². The van der Waals surface area contributed by atoms with Crippen LogP contribution in [0.3, 0.4) is 0 Å². The number of amides is 1. The minimum atomic E-state index is -0.511. The highest BCUT2D eigenvalue weighted by Crippen LogP contribution is 2.15. The van der Waals surface area contributed by atoms with E-state index in [1.807, 2.05) is 22.6 Å². The first kappa shape index (κ1) is 15.6. The number of rotatable bonds is 3. The summed E-state index contributed by atoms with van der Waals surface area (Å²) in [5.74, 6) is -0.931. The monoisotopic (exact) mass is 358 g/mol. The van der Waals surface area contributed by atoms with Crippen molar-refractivity contribution < 1.29 is 9.18 Å². The van der Waals surface area contributed by atoms with Crippen LogP contribution in [0.25, 0.3) is 0 Å². The van der Waals surface area contributed by atoms with Crippen LogP contribution >= 0.6 is 35.0 Å². The van der Waals surface area contributed by atoms with Gasteiger partial charge in [-0.15, -0.1) is 12.4 Å². The molecule has 0 heterocycles. The fourth-order valence-corrected chi connectivity index (χ4v) is 1.78. The number of halogens is 3. The predicted molar refractivity (Wildman–Crippen MR) is 72.3 cm³/mol. The van der Waals surface area contributed by atoms with Gasteiger partial charge in [0.1, 0.15) is 5.82 Å².